The summed E-state index contributed by atoms with van der Waals surface area (Å²) in [5.41, 5.74) is 14.6. The summed E-state index contributed by atoms with van der Waals surface area (Å²) in [7, 11) is 0. The maximum atomic E-state index is 9.52. The van der Waals surface area contributed by atoms with Gasteiger partial charge in [-0.1, -0.05) is 0 Å². The Balaban J connectivity index is 2.59. The highest BCUT2D eigenvalue weighted by Crippen LogP contribution is 2.35. The van der Waals surface area contributed by atoms with E-state index in [1.807, 2.05) is 0 Å². The molecule has 2 rings (SSSR count). The van der Waals surface area contributed by atoms with E-state index in [9.17, 15) is 10.2 Å². The van der Waals surface area contributed by atoms with Crippen LogP contribution < -0.4 is 11.5 Å². The molecule has 5 heteroatoms. The maximum Gasteiger partial charge on any atom is 0.119 e. The van der Waals surface area contributed by atoms with E-state index in [0.717, 1.165) is 5.56 Å². The minimum atomic E-state index is -0.0551. The third-order valence-electron chi connectivity index (χ3n) is 2.89. The highest BCUT2D eigenvalue weighted by Gasteiger charge is 2.10. The summed E-state index contributed by atoms with van der Waals surface area (Å²) in [5.74, 6) is -0.110. The molecule has 0 aliphatic rings. The molecule has 2 aromatic rings. The molecule has 0 radical (unpaired) electrons. The van der Waals surface area contributed by atoms with E-state index in [1.165, 1.54) is 18.2 Å². The van der Waals surface area contributed by atoms with Crippen molar-refractivity contribution in [1.29, 1.82) is 0 Å². The van der Waals surface area contributed by atoms with Crippen molar-refractivity contribution in [2.75, 3.05) is 18.1 Å². The van der Waals surface area contributed by atoms with Gasteiger partial charge in [-0.05, 0) is 41.8 Å². The predicted molar refractivity (Wildman–Crippen MR) is 74.8 cm³/mol. The lowest BCUT2D eigenvalue weighted by Crippen LogP contribution is -2.01. The summed E-state index contributed by atoms with van der Waals surface area (Å²) < 4.78 is 0. The molecular formula is C14H16N2O3. The van der Waals surface area contributed by atoms with Crippen LogP contribution in [-0.2, 0) is 6.42 Å². The van der Waals surface area contributed by atoms with Crippen LogP contribution in [0.1, 0.15) is 5.56 Å². The van der Waals surface area contributed by atoms with Gasteiger partial charge in [0.15, 0.2) is 0 Å². The summed E-state index contributed by atoms with van der Waals surface area (Å²) in [6.45, 7) is 0.00802. The van der Waals surface area contributed by atoms with Crippen molar-refractivity contribution in [3.8, 4) is 22.6 Å². The van der Waals surface area contributed by atoms with Crippen molar-refractivity contribution in [1.82, 2.24) is 0 Å². The van der Waals surface area contributed by atoms with Crippen molar-refractivity contribution in [3.63, 3.8) is 0 Å². The highest BCUT2D eigenvalue weighted by atomic mass is 16.3. The van der Waals surface area contributed by atoms with E-state index in [0.29, 0.717) is 28.9 Å². The molecule has 0 saturated heterocycles. The fourth-order valence-corrected chi connectivity index (χ4v) is 2.00. The van der Waals surface area contributed by atoms with Gasteiger partial charge in [-0.15, -0.1) is 0 Å². The number of hydrogen-bond acceptors (Lipinski definition) is 5. The topological polar surface area (TPSA) is 113 Å². The Morgan fingerprint density at radius 1 is 0.895 bits per heavy atom. The largest absolute Gasteiger partial charge is 0.508 e. The first-order valence-electron chi connectivity index (χ1n) is 5.83. The second kappa shape index (κ2) is 5.07. The van der Waals surface area contributed by atoms with Gasteiger partial charge in [-0.3, -0.25) is 0 Å². The normalized spacial score (nSPS) is 10.6. The van der Waals surface area contributed by atoms with Crippen LogP contribution in [0.5, 0.6) is 11.5 Å². The van der Waals surface area contributed by atoms with Crippen LogP contribution in [0.15, 0.2) is 30.3 Å². The molecular weight excluding hydrogens is 244 g/mol. The van der Waals surface area contributed by atoms with Crippen LogP contribution in [0.3, 0.4) is 0 Å². The molecule has 0 spiro atoms. The van der Waals surface area contributed by atoms with Crippen LogP contribution in [0, 0.1) is 0 Å². The van der Waals surface area contributed by atoms with Crippen LogP contribution in [0.25, 0.3) is 11.1 Å². The van der Waals surface area contributed by atoms with Gasteiger partial charge in [0, 0.05) is 18.2 Å². The number of aliphatic hydroxyl groups excluding tert-OH is 1. The smallest absolute Gasteiger partial charge is 0.119 e. The zero-order chi connectivity index (χ0) is 14.0. The van der Waals surface area contributed by atoms with E-state index in [2.05, 4.69) is 0 Å². The SMILES string of the molecule is Nc1cc(CCO)cc(-c2cc(O)cc(O)c2)c1N. The van der Waals surface area contributed by atoms with E-state index < -0.39 is 0 Å². The second-order valence-corrected chi connectivity index (χ2v) is 4.36. The van der Waals surface area contributed by atoms with Gasteiger partial charge in [0.05, 0.1) is 11.4 Å². The Kier molecular flexibility index (Phi) is 3.48. The molecule has 0 aliphatic carbocycles. The number of nitrogens with two attached hydrogens (primary N) is 2. The Morgan fingerprint density at radius 2 is 1.53 bits per heavy atom. The van der Waals surface area contributed by atoms with Crippen molar-refractivity contribution in [2.45, 2.75) is 6.42 Å². The Labute approximate surface area is 110 Å². The van der Waals surface area contributed by atoms with Gasteiger partial charge in [-0.25, -0.2) is 0 Å². The first kappa shape index (κ1) is 13.0. The number of anilines is 2. The molecule has 0 atom stereocenters. The third-order valence-corrected chi connectivity index (χ3v) is 2.89. The number of rotatable bonds is 3. The summed E-state index contributed by atoms with van der Waals surface area (Å²) in [5, 5.41) is 28.0. The molecule has 0 aliphatic heterocycles. The van der Waals surface area contributed by atoms with Gasteiger partial charge >= 0.3 is 0 Å². The van der Waals surface area contributed by atoms with Crippen LogP contribution in [0.2, 0.25) is 0 Å². The van der Waals surface area contributed by atoms with E-state index in [1.54, 1.807) is 12.1 Å². The number of aliphatic hydroxyl groups is 1. The lowest BCUT2D eigenvalue weighted by Gasteiger charge is -2.12. The molecule has 0 saturated carbocycles. The summed E-state index contributed by atoms with van der Waals surface area (Å²) >= 11 is 0. The van der Waals surface area contributed by atoms with Gasteiger partial charge in [0.25, 0.3) is 0 Å². The van der Waals surface area contributed by atoms with Gasteiger partial charge in [-0.2, -0.15) is 0 Å². The van der Waals surface area contributed by atoms with E-state index in [-0.39, 0.29) is 18.1 Å². The van der Waals surface area contributed by atoms with Gasteiger partial charge in [0.2, 0.25) is 0 Å². The molecule has 2 aromatic carbocycles. The average Bonchev–Trinajstić information content (AvgIpc) is 2.32. The van der Waals surface area contributed by atoms with Crippen molar-refractivity contribution < 1.29 is 15.3 Å². The first-order chi connectivity index (χ1) is 9.01. The zero-order valence-electron chi connectivity index (χ0n) is 10.3. The van der Waals surface area contributed by atoms with Crippen molar-refractivity contribution in [2.24, 2.45) is 0 Å². The van der Waals surface area contributed by atoms with Crippen molar-refractivity contribution >= 4 is 11.4 Å². The minimum absolute atomic E-state index is 0.00802. The van der Waals surface area contributed by atoms with Crippen LogP contribution in [0.4, 0.5) is 11.4 Å². The summed E-state index contributed by atoms with van der Waals surface area (Å²) in [6, 6.07) is 7.72. The number of aromatic hydroxyl groups is 2. The molecule has 19 heavy (non-hydrogen) atoms. The summed E-state index contributed by atoms with van der Waals surface area (Å²) in [6.07, 6.45) is 0.461. The number of nitrogen functional groups attached to an aromatic ring is 2. The predicted octanol–water partition coefficient (Wildman–Crippen LogP) is 1.46. The van der Waals surface area contributed by atoms with Gasteiger partial charge < -0.3 is 26.8 Å². The molecule has 7 N–H and O–H groups in total. The maximum absolute atomic E-state index is 9.52. The lowest BCUT2D eigenvalue weighted by atomic mass is 9.98. The van der Waals surface area contributed by atoms with E-state index >= 15 is 0 Å². The molecule has 0 fully saturated rings. The summed E-state index contributed by atoms with van der Waals surface area (Å²) in [4.78, 5) is 0. The molecule has 5 nitrogen and oxygen atoms in total. The monoisotopic (exact) mass is 260 g/mol. The fraction of sp³-hybridized carbons (Fsp3) is 0.143. The molecule has 0 amide bonds. The zero-order valence-corrected chi connectivity index (χ0v) is 10.3. The molecule has 0 heterocycles. The molecule has 0 aromatic heterocycles. The highest BCUT2D eigenvalue weighted by molar-refractivity contribution is 5.86. The number of hydrogen-bond donors (Lipinski definition) is 5. The fourth-order valence-electron chi connectivity index (χ4n) is 2.00. The molecule has 0 bridgehead atoms. The Morgan fingerprint density at radius 3 is 2.11 bits per heavy atom. The lowest BCUT2D eigenvalue weighted by molar-refractivity contribution is 0.299. The minimum Gasteiger partial charge on any atom is -0.508 e. The van der Waals surface area contributed by atoms with Crippen molar-refractivity contribution in [3.05, 3.63) is 35.9 Å². The average molecular weight is 260 g/mol. The number of phenolic OH excluding ortho intramolecular Hbond substituents is 2. The number of benzene rings is 2. The van der Waals surface area contributed by atoms with Gasteiger partial charge in [0.1, 0.15) is 11.5 Å². The molecule has 0 unspecified atom stereocenters. The van der Waals surface area contributed by atoms with Crippen LogP contribution >= 0.6 is 0 Å². The Bertz CT molecular complexity index is 592. The van der Waals surface area contributed by atoms with Crippen LogP contribution in [-0.4, -0.2) is 21.9 Å². The second-order valence-electron chi connectivity index (χ2n) is 4.36. The number of phenols is 2. The third kappa shape index (κ3) is 2.71. The Hall–Kier alpha value is -2.40. The standard InChI is InChI=1S/C14H16N2O3/c15-13-4-8(1-2-17)3-12(14(13)16)9-5-10(18)7-11(19)6-9/h3-7,17-19H,1-2,15-16H2. The quantitative estimate of drug-likeness (QED) is 0.536. The first-order valence-corrected chi connectivity index (χ1v) is 5.83. The van der Waals surface area contributed by atoms with E-state index in [4.69, 9.17) is 16.6 Å². The molecule has 100 valence electrons.